The largest absolute Gasteiger partial charge is 0.0654 e. The lowest BCUT2D eigenvalue weighted by Gasteiger charge is -2.61. The molecule has 0 nitrogen and oxygen atoms in total. The quantitative estimate of drug-likeness (QED) is 0.399. The van der Waals surface area contributed by atoms with Crippen molar-refractivity contribution in [1.82, 2.24) is 0 Å². The summed E-state index contributed by atoms with van der Waals surface area (Å²) in [4.78, 5) is 0. The summed E-state index contributed by atoms with van der Waals surface area (Å²) in [5.41, 5.74) is 1.38. The Morgan fingerprint density at radius 3 is 2.34 bits per heavy atom. The summed E-state index contributed by atoms with van der Waals surface area (Å²) >= 11 is 0. The van der Waals surface area contributed by atoms with Crippen LogP contribution in [-0.4, -0.2) is 0 Å². The molecule has 9 atom stereocenters. The molecule has 4 fully saturated rings. The van der Waals surface area contributed by atoms with E-state index in [0.29, 0.717) is 10.8 Å². The van der Waals surface area contributed by atoms with E-state index in [1.807, 2.05) is 0 Å². The Balaban J connectivity index is 1.40. The van der Waals surface area contributed by atoms with Crippen molar-refractivity contribution in [2.24, 2.45) is 52.3 Å². The number of hydrogen-bond acceptors (Lipinski definition) is 0. The van der Waals surface area contributed by atoms with E-state index in [1.54, 1.807) is 51.4 Å². The van der Waals surface area contributed by atoms with E-state index in [2.05, 4.69) is 34.6 Å². The van der Waals surface area contributed by atoms with Crippen LogP contribution in [0.5, 0.6) is 0 Å². The summed E-state index contributed by atoms with van der Waals surface area (Å²) in [7, 11) is 0. The molecule has 0 amide bonds. The highest BCUT2D eigenvalue weighted by atomic mass is 14.6. The van der Waals surface area contributed by atoms with Gasteiger partial charge in [0.25, 0.3) is 0 Å². The monoisotopic (exact) mass is 400 g/mol. The van der Waals surface area contributed by atoms with Crippen molar-refractivity contribution in [2.45, 2.75) is 131 Å². The molecule has 0 N–H and O–H groups in total. The van der Waals surface area contributed by atoms with Crippen molar-refractivity contribution < 1.29 is 0 Å². The minimum atomic E-state index is 0.674. The van der Waals surface area contributed by atoms with Crippen LogP contribution in [0.4, 0.5) is 0 Å². The molecule has 168 valence electrons. The second kappa shape index (κ2) is 8.86. The third kappa shape index (κ3) is 3.98. The number of hydrogen-bond donors (Lipinski definition) is 0. The predicted octanol–water partition coefficient (Wildman–Crippen LogP) is 9.28. The lowest BCUT2D eigenvalue weighted by Crippen LogP contribution is -2.53. The molecule has 0 bridgehead atoms. The SMILES string of the molecule is CCCC(C)CCC[C@@H](C)[C@H]1CC[C@H]2[C@@H]3CCC4CCCC[C@]4(C)[C@H]3CC[C@]12C. The van der Waals surface area contributed by atoms with Crippen LogP contribution in [0.1, 0.15) is 131 Å². The summed E-state index contributed by atoms with van der Waals surface area (Å²) in [5, 5.41) is 0. The average Bonchev–Trinajstić information content (AvgIpc) is 3.05. The van der Waals surface area contributed by atoms with E-state index in [0.717, 1.165) is 41.4 Å². The fraction of sp³-hybridized carbons (Fsp3) is 1.00. The van der Waals surface area contributed by atoms with E-state index in [9.17, 15) is 0 Å². The molecule has 0 heteroatoms. The molecule has 0 aromatic heterocycles. The Labute approximate surface area is 183 Å². The second-order valence-corrected chi connectivity index (χ2v) is 12.9. The van der Waals surface area contributed by atoms with Crippen LogP contribution in [-0.2, 0) is 0 Å². The second-order valence-electron chi connectivity index (χ2n) is 12.9. The molecule has 4 rings (SSSR count). The zero-order chi connectivity index (χ0) is 20.6. The van der Waals surface area contributed by atoms with Crippen molar-refractivity contribution >= 4 is 0 Å². The third-order valence-corrected chi connectivity index (χ3v) is 11.5. The predicted molar refractivity (Wildman–Crippen MR) is 127 cm³/mol. The molecule has 0 radical (unpaired) electrons. The Hall–Kier alpha value is 0. The highest BCUT2D eigenvalue weighted by Crippen LogP contribution is 2.68. The number of rotatable bonds is 7. The molecule has 4 saturated carbocycles. The van der Waals surface area contributed by atoms with Crippen molar-refractivity contribution in [3.05, 3.63) is 0 Å². The molecule has 29 heavy (non-hydrogen) atoms. The van der Waals surface area contributed by atoms with Gasteiger partial charge in [-0.2, -0.15) is 0 Å². The molecule has 2 unspecified atom stereocenters. The van der Waals surface area contributed by atoms with Crippen LogP contribution in [0.3, 0.4) is 0 Å². The molecule has 0 aromatic rings. The van der Waals surface area contributed by atoms with Gasteiger partial charge < -0.3 is 0 Å². The van der Waals surface area contributed by atoms with Gasteiger partial charge >= 0.3 is 0 Å². The van der Waals surface area contributed by atoms with E-state index >= 15 is 0 Å². The molecule has 0 heterocycles. The maximum absolute atomic E-state index is 2.76. The van der Waals surface area contributed by atoms with Crippen LogP contribution in [0.25, 0.3) is 0 Å². The van der Waals surface area contributed by atoms with Crippen LogP contribution in [0, 0.1) is 52.3 Å². The molecule has 4 aliphatic carbocycles. The standard InChI is InChI=1S/C29H52/c1-6-10-21(2)11-9-12-22(3)25-16-17-26-24-15-14-23-13-7-8-19-28(23,4)27(24)18-20-29(25,26)5/h21-27H,6-20H2,1-5H3/t21?,22-,23?,24+,25-,26+,27+,28+,29-/m1/s1. The minimum Gasteiger partial charge on any atom is -0.0654 e. The van der Waals surface area contributed by atoms with Gasteiger partial charge in [0, 0.05) is 0 Å². The van der Waals surface area contributed by atoms with Gasteiger partial charge in [-0.1, -0.05) is 79.6 Å². The first-order valence-corrected chi connectivity index (χ1v) is 13.9. The van der Waals surface area contributed by atoms with Gasteiger partial charge in [0.05, 0.1) is 0 Å². The summed E-state index contributed by atoms with van der Waals surface area (Å²) in [5.74, 6) is 7.21. The Kier molecular flexibility index (Phi) is 6.78. The topological polar surface area (TPSA) is 0 Å². The van der Waals surface area contributed by atoms with Crippen LogP contribution >= 0.6 is 0 Å². The summed E-state index contributed by atoms with van der Waals surface area (Å²) in [6, 6.07) is 0. The van der Waals surface area contributed by atoms with Gasteiger partial charge in [0.15, 0.2) is 0 Å². The Morgan fingerprint density at radius 2 is 1.55 bits per heavy atom. The van der Waals surface area contributed by atoms with Gasteiger partial charge in [0.2, 0.25) is 0 Å². The Morgan fingerprint density at radius 1 is 0.759 bits per heavy atom. The summed E-state index contributed by atoms with van der Waals surface area (Å²) in [6.07, 6.45) is 22.8. The van der Waals surface area contributed by atoms with Crippen molar-refractivity contribution in [3.63, 3.8) is 0 Å². The highest BCUT2D eigenvalue weighted by Gasteiger charge is 2.59. The molecular weight excluding hydrogens is 348 g/mol. The lowest BCUT2D eigenvalue weighted by molar-refractivity contribution is -0.114. The summed E-state index contributed by atoms with van der Waals surface area (Å²) in [6.45, 7) is 13.0. The van der Waals surface area contributed by atoms with E-state index < -0.39 is 0 Å². The van der Waals surface area contributed by atoms with E-state index in [-0.39, 0.29) is 0 Å². The van der Waals surface area contributed by atoms with Gasteiger partial charge in [-0.15, -0.1) is 0 Å². The van der Waals surface area contributed by atoms with Gasteiger partial charge in [-0.3, -0.25) is 0 Å². The fourth-order valence-electron chi connectivity index (χ4n) is 9.90. The normalized spacial score (nSPS) is 46.4. The van der Waals surface area contributed by atoms with Crippen LogP contribution in [0.2, 0.25) is 0 Å². The Bertz CT molecular complexity index is 536. The molecule has 4 aliphatic rings. The molecule has 0 aromatic carbocycles. The van der Waals surface area contributed by atoms with Crippen molar-refractivity contribution in [1.29, 1.82) is 0 Å². The van der Waals surface area contributed by atoms with Gasteiger partial charge in [0.1, 0.15) is 0 Å². The summed E-state index contributed by atoms with van der Waals surface area (Å²) < 4.78 is 0. The maximum atomic E-state index is 2.76. The average molecular weight is 401 g/mol. The fourth-order valence-corrected chi connectivity index (χ4v) is 9.90. The van der Waals surface area contributed by atoms with Gasteiger partial charge in [-0.25, -0.2) is 0 Å². The molecular formula is C29H52. The smallest absolute Gasteiger partial charge is 0.0264 e. The van der Waals surface area contributed by atoms with Gasteiger partial charge in [-0.05, 0) is 104 Å². The molecule has 0 spiro atoms. The van der Waals surface area contributed by atoms with E-state index in [1.165, 1.54) is 44.9 Å². The minimum absolute atomic E-state index is 0.674. The molecule has 0 aliphatic heterocycles. The van der Waals surface area contributed by atoms with Crippen LogP contribution in [0.15, 0.2) is 0 Å². The first kappa shape index (κ1) is 22.2. The third-order valence-electron chi connectivity index (χ3n) is 11.5. The molecule has 0 saturated heterocycles. The number of fused-ring (bicyclic) bond motifs is 5. The van der Waals surface area contributed by atoms with E-state index in [4.69, 9.17) is 0 Å². The zero-order valence-corrected chi connectivity index (χ0v) is 20.6. The highest BCUT2D eigenvalue weighted by molar-refractivity contribution is 5.09. The first-order chi connectivity index (χ1) is 13.9. The van der Waals surface area contributed by atoms with Crippen molar-refractivity contribution in [3.8, 4) is 0 Å². The van der Waals surface area contributed by atoms with Crippen molar-refractivity contribution in [2.75, 3.05) is 0 Å². The van der Waals surface area contributed by atoms with Crippen LogP contribution < -0.4 is 0 Å². The maximum Gasteiger partial charge on any atom is -0.0264 e. The first-order valence-electron chi connectivity index (χ1n) is 13.9. The lowest BCUT2D eigenvalue weighted by atomic mass is 9.44. The zero-order valence-electron chi connectivity index (χ0n) is 20.6.